The van der Waals surface area contributed by atoms with Crippen LogP contribution in [0.2, 0.25) is 0 Å². The van der Waals surface area contributed by atoms with E-state index in [2.05, 4.69) is 10.2 Å². The molecule has 1 N–H and O–H groups in total. The molecular formula is C14H21FN2O. The van der Waals surface area contributed by atoms with Gasteiger partial charge in [0.15, 0.2) is 0 Å². The van der Waals surface area contributed by atoms with Gasteiger partial charge in [0, 0.05) is 26.4 Å². The zero-order chi connectivity index (χ0) is 13.0. The molecule has 2 rings (SSSR count). The van der Waals surface area contributed by atoms with E-state index in [-0.39, 0.29) is 11.4 Å². The van der Waals surface area contributed by atoms with Crippen LogP contribution in [0.3, 0.4) is 0 Å². The highest BCUT2D eigenvalue weighted by molar-refractivity contribution is 5.45. The molecule has 1 saturated heterocycles. The van der Waals surface area contributed by atoms with Gasteiger partial charge in [-0.2, -0.15) is 0 Å². The van der Waals surface area contributed by atoms with Crippen LogP contribution in [0.4, 0.5) is 10.1 Å². The number of benzene rings is 1. The summed E-state index contributed by atoms with van der Waals surface area (Å²) >= 11 is 0. The number of likely N-dealkylation sites (N-methyl/N-ethyl adjacent to an activating group) is 1. The summed E-state index contributed by atoms with van der Waals surface area (Å²) in [7, 11) is 3.81. The van der Waals surface area contributed by atoms with Gasteiger partial charge in [-0.1, -0.05) is 0 Å². The molecule has 0 aliphatic carbocycles. The fourth-order valence-electron chi connectivity index (χ4n) is 2.53. The smallest absolute Gasteiger partial charge is 0.123 e. The van der Waals surface area contributed by atoms with Gasteiger partial charge in [0.2, 0.25) is 0 Å². The average Bonchev–Trinajstić information content (AvgIpc) is 2.40. The first-order valence-electron chi connectivity index (χ1n) is 6.38. The monoisotopic (exact) mass is 252 g/mol. The third-order valence-corrected chi connectivity index (χ3v) is 3.74. The molecule has 1 heterocycles. The van der Waals surface area contributed by atoms with Crippen LogP contribution in [0.1, 0.15) is 12.8 Å². The van der Waals surface area contributed by atoms with E-state index < -0.39 is 0 Å². The summed E-state index contributed by atoms with van der Waals surface area (Å²) in [6.45, 7) is 2.81. The molecule has 1 aliphatic heterocycles. The Labute approximate surface area is 108 Å². The Hall–Kier alpha value is -1.13. The highest BCUT2D eigenvalue weighted by Crippen LogP contribution is 2.25. The Morgan fingerprint density at radius 2 is 1.89 bits per heavy atom. The summed E-state index contributed by atoms with van der Waals surface area (Å²) in [6, 6.07) is 6.60. The first-order chi connectivity index (χ1) is 8.65. The lowest BCUT2D eigenvalue weighted by molar-refractivity contribution is -0.0266. The van der Waals surface area contributed by atoms with Crippen LogP contribution in [-0.2, 0) is 4.74 Å². The van der Waals surface area contributed by atoms with Crippen molar-refractivity contribution in [2.75, 3.05) is 38.7 Å². The van der Waals surface area contributed by atoms with Crippen LogP contribution < -0.4 is 10.2 Å². The molecule has 1 aromatic carbocycles. The van der Waals surface area contributed by atoms with Gasteiger partial charge < -0.3 is 15.0 Å². The average molecular weight is 252 g/mol. The van der Waals surface area contributed by atoms with Crippen LogP contribution in [0, 0.1) is 5.82 Å². The quantitative estimate of drug-likeness (QED) is 0.887. The molecule has 0 spiro atoms. The van der Waals surface area contributed by atoms with Crippen molar-refractivity contribution < 1.29 is 9.13 Å². The van der Waals surface area contributed by atoms with E-state index in [9.17, 15) is 4.39 Å². The van der Waals surface area contributed by atoms with Crippen molar-refractivity contribution in [3.8, 4) is 0 Å². The molecular weight excluding hydrogens is 231 g/mol. The van der Waals surface area contributed by atoms with Crippen molar-refractivity contribution in [1.82, 2.24) is 5.32 Å². The molecule has 4 heteroatoms. The molecule has 0 atom stereocenters. The molecule has 1 fully saturated rings. The summed E-state index contributed by atoms with van der Waals surface area (Å²) in [4.78, 5) is 2.13. The van der Waals surface area contributed by atoms with Gasteiger partial charge in [-0.05, 0) is 50.2 Å². The van der Waals surface area contributed by atoms with E-state index in [0.29, 0.717) is 0 Å². The minimum atomic E-state index is -0.199. The molecule has 0 aromatic heterocycles. The standard InChI is InChI=1S/C14H21FN2O/c1-17(13-5-3-12(15)4-6-13)11-14(18-2)7-9-16-10-8-14/h3-6,16H,7-11H2,1-2H3. The maximum Gasteiger partial charge on any atom is 0.123 e. The third kappa shape index (κ3) is 3.00. The molecule has 3 nitrogen and oxygen atoms in total. The van der Waals surface area contributed by atoms with Gasteiger partial charge in [0.25, 0.3) is 0 Å². The van der Waals surface area contributed by atoms with Crippen molar-refractivity contribution in [2.24, 2.45) is 0 Å². The van der Waals surface area contributed by atoms with E-state index in [0.717, 1.165) is 38.2 Å². The molecule has 0 unspecified atom stereocenters. The molecule has 18 heavy (non-hydrogen) atoms. The van der Waals surface area contributed by atoms with Crippen LogP contribution in [0.5, 0.6) is 0 Å². The van der Waals surface area contributed by atoms with E-state index in [4.69, 9.17) is 4.74 Å². The lowest BCUT2D eigenvalue weighted by Crippen LogP contribution is -2.50. The maximum atomic E-state index is 12.9. The molecule has 0 radical (unpaired) electrons. The number of ether oxygens (including phenoxy) is 1. The molecule has 0 saturated carbocycles. The molecule has 1 aromatic rings. The van der Waals surface area contributed by atoms with Gasteiger partial charge in [0.1, 0.15) is 5.82 Å². The van der Waals surface area contributed by atoms with Crippen LogP contribution >= 0.6 is 0 Å². The number of rotatable bonds is 4. The summed E-state index contributed by atoms with van der Waals surface area (Å²) in [5, 5.41) is 3.35. The number of nitrogens with zero attached hydrogens (tertiary/aromatic N) is 1. The zero-order valence-electron chi connectivity index (χ0n) is 11.1. The minimum Gasteiger partial charge on any atom is -0.376 e. The predicted molar refractivity (Wildman–Crippen MR) is 71.5 cm³/mol. The molecule has 0 amide bonds. The largest absolute Gasteiger partial charge is 0.376 e. The predicted octanol–water partition coefficient (Wildman–Crippen LogP) is 2.03. The summed E-state index contributed by atoms with van der Waals surface area (Å²) in [5.41, 5.74) is 0.931. The number of piperidine rings is 1. The van der Waals surface area contributed by atoms with Gasteiger partial charge >= 0.3 is 0 Å². The number of methoxy groups -OCH3 is 1. The van der Waals surface area contributed by atoms with Gasteiger partial charge in [-0.15, -0.1) is 0 Å². The van der Waals surface area contributed by atoms with Crippen molar-refractivity contribution in [1.29, 1.82) is 0 Å². The number of nitrogens with one attached hydrogen (secondary N) is 1. The molecule has 1 aliphatic rings. The Kier molecular flexibility index (Phi) is 4.19. The van der Waals surface area contributed by atoms with Gasteiger partial charge in [-0.25, -0.2) is 4.39 Å². The summed E-state index contributed by atoms with van der Waals surface area (Å²) in [5.74, 6) is -0.199. The van der Waals surface area contributed by atoms with Crippen LogP contribution in [0.25, 0.3) is 0 Å². The second-order valence-electron chi connectivity index (χ2n) is 4.97. The number of anilines is 1. The van der Waals surface area contributed by atoms with Crippen molar-refractivity contribution in [3.05, 3.63) is 30.1 Å². The normalized spacial score (nSPS) is 18.6. The topological polar surface area (TPSA) is 24.5 Å². The Balaban J connectivity index is 2.04. The lowest BCUT2D eigenvalue weighted by atomic mass is 9.91. The fourth-order valence-corrected chi connectivity index (χ4v) is 2.53. The third-order valence-electron chi connectivity index (χ3n) is 3.74. The zero-order valence-corrected chi connectivity index (χ0v) is 11.1. The number of halogens is 1. The SMILES string of the molecule is COC1(CN(C)c2ccc(F)cc2)CCNCC1. The maximum absolute atomic E-state index is 12.9. The first kappa shape index (κ1) is 13.3. The lowest BCUT2D eigenvalue weighted by Gasteiger charge is -2.39. The van der Waals surface area contributed by atoms with E-state index in [1.54, 1.807) is 19.2 Å². The summed E-state index contributed by atoms with van der Waals surface area (Å²) in [6.07, 6.45) is 2.02. The molecule has 100 valence electrons. The van der Waals surface area contributed by atoms with Crippen molar-refractivity contribution >= 4 is 5.69 Å². The minimum absolute atomic E-state index is 0.0889. The van der Waals surface area contributed by atoms with Crippen LogP contribution in [-0.4, -0.2) is 39.4 Å². The Bertz CT molecular complexity index is 374. The fraction of sp³-hybridized carbons (Fsp3) is 0.571. The Morgan fingerprint density at radius 1 is 1.28 bits per heavy atom. The first-order valence-corrected chi connectivity index (χ1v) is 6.38. The number of hydrogen-bond acceptors (Lipinski definition) is 3. The van der Waals surface area contributed by atoms with Crippen molar-refractivity contribution in [3.63, 3.8) is 0 Å². The number of hydrogen-bond donors (Lipinski definition) is 1. The second-order valence-corrected chi connectivity index (χ2v) is 4.97. The Morgan fingerprint density at radius 3 is 2.44 bits per heavy atom. The second kappa shape index (κ2) is 5.67. The van der Waals surface area contributed by atoms with Crippen LogP contribution in [0.15, 0.2) is 24.3 Å². The molecule has 0 bridgehead atoms. The van der Waals surface area contributed by atoms with Crippen molar-refractivity contribution in [2.45, 2.75) is 18.4 Å². The highest BCUT2D eigenvalue weighted by atomic mass is 19.1. The van der Waals surface area contributed by atoms with E-state index in [1.165, 1.54) is 12.1 Å². The van der Waals surface area contributed by atoms with E-state index >= 15 is 0 Å². The summed E-state index contributed by atoms with van der Waals surface area (Å²) < 4.78 is 18.6. The highest BCUT2D eigenvalue weighted by Gasteiger charge is 2.33. The van der Waals surface area contributed by atoms with Gasteiger partial charge in [-0.3, -0.25) is 0 Å². The van der Waals surface area contributed by atoms with Gasteiger partial charge in [0.05, 0.1) is 5.60 Å². The van der Waals surface area contributed by atoms with E-state index in [1.807, 2.05) is 7.05 Å².